The van der Waals surface area contributed by atoms with Gasteiger partial charge in [0.15, 0.2) is 5.69 Å². The Morgan fingerprint density at radius 1 is 1.04 bits per heavy atom. The smallest absolute Gasteiger partial charge is 0.318 e. The normalized spacial score (nSPS) is 43.0. The van der Waals surface area contributed by atoms with Crippen LogP contribution in [0.2, 0.25) is 0 Å². The van der Waals surface area contributed by atoms with Gasteiger partial charge in [0.1, 0.15) is 0 Å². The van der Waals surface area contributed by atoms with Gasteiger partial charge in [-0.1, -0.05) is 20.8 Å². The van der Waals surface area contributed by atoms with Gasteiger partial charge in [0, 0.05) is 0 Å². The second-order valence-electron chi connectivity index (χ2n) is 9.61. The van der Waals surface area contributed by atoms with Gasteiger partial charge >= 0.3 is 5.97 Å². The fourth-order valence-electron chi connectivity index (χ4n) is 7.24. The standard InChI is InChI=1S/C18H25N3O3/c1-15-4-16(2)6-17(3,5-15)9-18(7-15,8-16)14(23)24-13-11(12(19)22)20-10-21-13/h10H,4-9H2,1-3H3,(H2,19,22)(H,20,21). The molecular formula is C18H25N3O3. The van der Waals surface area contributed by atoms with Gasteiger partial charge in [-0.2, -0.15) is 0 Å². The summed E-state index contributed by atoms with van der Waals surface area (Å²) in [6.07, 6.45) is 7.45. The molecule has 130 valence electrons. The zero-order valence-electron chi connectivity index (χ0n) is 14.6. The Morgan fingerprint density at radius 3 is 2.00 bits per heavy atom. The maximum absolute atomic E-state index is 13.1. The lowest BCUT2D eigenvalue weighted by molar-refractivity contribution is -0.202. The van der Waals surface area contributed by atoms with E-state index in [9.17, 15) is 9.59 Å². The monoisotopic (exact) mass is 331 g/mol. The maximum atomic E-state index is 13.1. The molecule has 4 saturated carbocycles. The van der Waals surface area contributed by atoms with Crippen LogP contribution in [0.5, 0.6) is 5.88 Å². The SMILES string of the molecule is CC12CC3(C)CC(C)(C1)CC(C(=O)Oc1nc[nH]c1C(N)=O)(C2)C3. The van der Waals surface area contributed by atoms with E-state index in [0.717, 1.165) is 19.3 Å². The topological polar surface area (TPSA) is 98.1 Å². The van der Waals surface area contributed by atoms with E-state index in [4.69, 9.17) is 10.5 Å². The van der Waals surface area contributed by atoms with E-state index in [-0.39, 0.29) is 33.8 Å². The van der Waals surface area contributed by atoms with Crippen LogP contribution >= 0.6 is 0 Å². The van der Waals surface area contributed by atoms with Crippen LogP contribution in [0, 0.1) is 21.7 Å². The molecule has 0 atom stereocenters. The Hall–Kier alpha value is -1.85. The summed E-state index contributed by atoms with van der Waals surface area (Å²) in [6.45, 7) is 6.94. The molecule has 4 bridgehead atoms. The van der Waals surface area contributed by atoms with Gasteiger partial charge in [0.25, 0.3) is 11.8 Å². The first-order valence-electron chi connectivity index (χ1n) is 8.62. The number of hydrogen-bond donors (Lipinski definition) is 2. The molecule has 0 aliphatic heterocycles. The third-order valence-electron chi connectivity index (χ3n) is 6.33. The van der Waals surface area contributed by atoms with Crippen molar-refractivity contribution in [1.29, 1.82) is 0 Å². The number of esters is 1. The predicted molar refractivity (Wildman–Crippen MR) is 87.2 cm³/mol. The lowest BCUT2D eigenvalue weighted by Crippen LogP contribution is -2.61. The third-order valence-corrected chi connectivity index (χ3v) is 6.33. The zero-order chi connectivity index (χ0) is 17.4. The van der Waals surface area contributed by atoms with Crippen LogP contribution in [0.4, 0.5) is 0 Å². The van der Waals surface area contributed by atoms with Crippen LogP contribution in [-0.2, 0) is 4.79 Å². The van der Waals surface area contributed by atoms with Crippen LogP contribution in [0.3, 0.4) is 0 Å². The summed E-state index contributed by atoms with van der Waals surface area (Å²) in [4.78, 5) is 31.2. The van der Waals surface area contributed by atoms with E-state index in [1.807, 2.05) is 0 Å². The van der Waals surface area contributed by atoms with Crippen molar-refractivity contribution in [2.45, 2.75) is 59.3 Å². The van der Waals surface area contributed by atoms with E-state index >= 15 is 0 Å². The molecule has 24 heavy (non-hydrogen) atoms. The van der Waals surface area contributed by atoms with Crippen molar-refractivity contribution in [2.24, 2.45) is 27.4 Å². The number of carbonyl (C=O) groups excluding carboxylic acids is 2. The van der Waals surface area contributed by atoms with Gasteiger partial charge < -0.3 is 15.5 Å². The Labute approximate surface area is 141 Å². The van der Waals surface area contributed by atoms with Gasteiger partial charge in [-0.3, -0.25) is 9.59 Å². The number of ether oxygens (including phenoxy) is 1. The summed E-state index contributed by atoms with van der Waals surface area (Å²) in [7, 11) is 0. The molecule has 3 N–H and O–H groups in total. The van der Waals surface area contributed by atoms with Crippen molar-refractivity contribution in [3.05, 3.63) is 12.0 Å². The number of aromatic nitrogens is 2. The zero-order valence-corrected chi connectivity index (χ0v) is 14.6. The number of carbonyl (C=O) groups is 2. The van der Waals surface area contributed by atoms with E-state index in [1.165, 1.54) is 25.6 Å². The number of hydrogen-bond acceptors (Lipinski definition) is 4. The van der Waals surface area contributed by atoms with E-state index in [2.05, 4.69) is 30.7 Å². The summed E-state index contributed by atoms with van der Waals surface area (Å²) >= 11 is 0. The molecule has 4 fully saturated rings. The van der Waals surface area contributed by atoms with Crippen LogP contribution in [0.1, 0.15) is 69.8 Å². The number of primary amides is 1. The fourth-order valence-corrected chi connectivity index (χ4v) is 7.24. The Kier molecular flexibility index (Phi) is 2.88. The second-order valence-corrected chi connectivity index (χ2v) is 9.61. The number of aromatic amines is 1. The predicted octanol–water partition coefficient (Wildman–Crippen LogP) is 2.80. The molecule has 1 heterocycles. The molecule has 0 radical (unpaired) electrons. The maximum Gasteiger partial charge on any atom is 0.318 e. The largest absolute Gasteiger partial charge is 0.404 e. The molecule has 6 nitrogen and oxygen atoms in total. The molecule has 4 aliphatic carbocycles. The first kappa shape index (κ1) is 15.7. The molecular weight excluding hydrogens is 306 g/mol. The van der Waals surface area contributed by atoms with Crippen molar-refractivity contribution >= 4 is 11.9 Å². The Morgan fingerprint density at radius 2 is 1.54 bits per heavy atom. The minimum absolute atomic E-state index is 0.00343. The first-order chi connectivity index (χ1) is 11.1. The third kappa shape index (κ3) is 2.19. The summed E-state index contributed by atoms with van der Waals surface area (Å²) in [6, 6.07) is 0. The highest BCUT2D eigenvalue weighted by Crippen LogP contribution is 2.73. The van der Waals surface area contributed by atoms with Crippen molar-refractivity contribution in [1.82, 2.24) is 9.97 Å². The average Bonchev–Trinajstić information content (AvgIpc) is 2.81. The van der Waals surface area contributed by atoms with Crippen LogP contribution in [-0.4, -0.2) is 21.8 Å². The minimum Gasteiger partial charge on any atom is -0.404 e. The van der Waals surface area contributed by atoms with Crippen LogP contribution < -0.4 is 10.5 Å². The van der Waals surface area contributed by atoms with Crippen molar-refractivity contribution in [3.8, 4) is 5.88 Å². The second kappa shape index (κ2) is 4.41. The fraction of sp³-hybridized carbons (Fsp3) is 0.722. The van der Waals surface area contributed by atoms with Crippen molar-refractivity contribution in [3.63, 3.8) is 0 Å². The molecule has 1 aromatic heterocycles. The van der Waals surface area contributed by atoms with Gasteiger partial charge in [0.05, 0.1) is 11.7 Å². The summed E-state index contributed by atoms with van der Waals surface area (Å²) < 4.78 is 5.58. The summed E-state index contributed by atoms with van der Waals surface area (Å²) in [5.41, 5.74) is 5.45. The van der Waals surface area contributed by atoms with Crippen molar-refractivity contribution in [2.75, 3.05) is 0 Å². The molecule has 6 heteroatoms. The summed E-state index contributed by atoms with van der Waals surface area (Å²) in [5.74, 6) is -0.921. The number of H-pyrrole nitrogens is 1. The van der Waals surface area contributed by atoms with Gasteiger partial charge in [0.2, 0.25) is 0 Å². The molecule has 4 aliphatic rings. The lowest BCUT2D eigenvalue weighted by atomic mass is 9.36. The van der Waals surface area contributed by atoms with Crippen LogP contribution in [0.15, 0.2) is 6.33 Å². The van der Waals surface area contributed by atoms with Gasteiger partial charge in [-0.25, -0.2) is 4.98 Å². The Bertz CT molecular complexity index is 684. The van der Waals surface area contributed by atoms with Gasteiger partial charge in [-0.05, 0) is 54.8 Å². The lowest BCUT2D eigenvalue weighted by Gasteiger charge is -2.67. The molecule has 1 aromatic rings. The molecule has 0 aromatic carbocycles. The molecule has 5 rings (SSSR count). The average molecular weight is 331 g/mol. The molecule has 0 unspecified atom stereocenters. The number of amides is 1. The molecule has 0 spiro atoms. The highest BCUT2D eigenvalue weighted by molar-refractivity contribution is 5.94. The van der Waals surface area contributed by atoms with E-state index in [0.29, 0.717) is 0 Å². The minimum atomic E-state index is -0.674. The summed E-state index contributed by atoms with van der Waals surface area (Å²) in [5, 5.41) is 0. The molecule has 0 saturated heterocycles. The number of imidazole rings is 1. The number of nitrogens with zero attached hydrogens (tertiary/aromatic N) is 1. The number of nitrogens with one attached hydrogen (secondary N) is 1. The first-order valence-corrected chi connectivity index (χ1v) is 8.62. The van der Waals surface area contributed by atoms with E-state index < -0.39 is 11.3 Å². The molecule has 1 amide bonds. The highest BCUT2D eigenvalue weighted by atomic mass is 16.5. The number of nitrogens with two attached hydrogens (primary N) is 1. The van der Waals surface area contributed by atoms with E-state index in [1.54, 1.807) is 0 Å². The van der Waals surface area contributed by atoms with Crippen molar-refractivity contribution < 1.29 is 14.3 Å². The van der Waals surface area contributed by atoms with Crippen LogP contribution in [0.25, 0.3) is 0 Å². The quantitative estimate of drug-likeness (QED) is 0.832. The highest BCUT2D eigenvalue weighted by Gasteiger charge is 2.67. The van der Waals surface area contributed by atoms with Gasteiger partial charge in [-0.15, -0.1) is 0 Å². The number of rotatable bonds is 3. The Balaban J connectivity index is 1.67.